The number of carbonyl (C=O) groups excluding carboxylic acids is 1. The van der Waals surface area contributed by atoms with Crippen LogP contribution < -0.4 is 10.1 Å². The number of benzene rings is 2. The van der Waals surface area contributed by atoms with Gasteiger partial charge in [0.2, 0.25) is 0 Å². The number of ether oxygens (including phenoxy) is 1. The molecule has 0 saturated heterocycles. The molecule has 0 radical (unpaired) electrons. The molecule has 1 amide bonds. The summed E-state index contributed by atoms with van der Waals surface area (Å²) in [6.45, 7) is -0.0376. The lowest BCUT2D eigenvalue weighted by molar-refractivity contribution is -0.118. The number of nitrogens with one attached hydrogen (secondary N) is 1. The molecular weight excluding hydrogens is 454 g/mol. The number of anilines is 1. The van der Waals surface area contributed by atoms with Gasteiger partial charge in [0.15, 0.2) is 6.61 Å². The van der Waals surface area contributed by atoms with Crippen LogP contribution in [0.25, 0.3) is 0 Å². The highest BCUT2D eigenvalue weighted by Gasteiger charge is 2.07. The van der Waals surface area contributed by atoms with Crippen molar-refractivity contribution in [2.45, 2.75) is 0 Å². The first kappa shape index (κ1) is 15.5. The van der Waals surface area contributed by atoms with Crippen LogP contribution in [0, 0.1) is 0 Å². The highest BCUT2D eigenvalue weighted by Crippen LogP contribution is 2.26. The van der Waals surface area contributed by atoms with Gasteiger partial charge in [0.25, 0.3) is 5.91 Å². The Balaban J connectivity index is 1.90. The van der Waals surface area contributed by atoms with Gasteiger partial charge in [-0.3, -0.25) is 4.79 Å². The molecule has 0 aliphatic rings. The van der Waals surface area contributed by atoms with E-state index in [0.29, 0.717) is 11.4 Å². The average Bonchev–Trinajstić information content (AvgIpc) is 2.41. The predicted molar refractivity (Wildman–Crippen MR) is 90.1 cm³/mol. The van der Waals surface area contributed by atoms with Crippen LogP contribution in [0.1, 0.15) is 0 Å². The first-order chi connectivity index (χ1) is 9.54. The molecule has 2 rings (SSSR count). The highest BCUT2D eigenvalue weighted by atomic mass is 79.9. The van der Waals surface area contributed by atoms with Gasteiger partial charge >= 0.3 is 0 Å². The molecule has 0 aliphatic heterocycles. The van der Waals surface area contributed by atoms with E-state index in [2.05, 4.69) is 53.1 Å². The van der Waals surface area contributed by atoms with Crippen LogP contribution in [0.3, 0.4) is 0 Å². The molecule has 0 heterocycles. The van der Waals surface area contributed by atoms with E-state index in [-0.39, 0.29) is 12.5 Å². The largest absolute Gasteiger partial charge is 0.484 e. The Hall–Kier alpha value is -0.850. The zero-order valence-electron chi connectivity index (χ0n) is 10.2. The molecule has 1 N–H and O–H groups in total. The van der Waals surface area contributed by atoms with Crippen molar-refractivity contribution in [3.05, 3.63) is 55.9 Å². The molecule has 0 aliphatic carbocycles. The van der Waals surface area contributed by atoms with Gasteiger partial charge in [-0.15, -0.1) is 0 Å². The van der Waals surface area contributed by atoms with Gasteiger partial charge in [-0.25, -0.2) is 0 Å². The van der Waals surface area contributed by atoms with Crippen molar-refractivity contribution >= 4 is 59.4 Å². The van der Waals surface area contributed by atoms with Crippen molar-refractivity contribution in [3.63, 3.8) is 0 Å². The zero-order valence-corrected chi connectivity index (χ0v) is 15.0. The van der Waals surface area contributed by atoms with E-state index in [4.69, 9.17) is 4.74 Å². The van der Waals surface area contributed by atoms with Crippen molar-refractivity contribution in [1.82, 2.24) is 0 Å². The van der Waals surface area contributed by atoms with Crippen molar-refractivity contribution in [1.29, 1.82) is 0 Å². The van der Waals surface area contributed by atoms with Crippen LogP contribution in [0.15, 0.2) is 55.9 Å². The molecule has 0 bridgehead atoms. The Morgan fingerprint density at radius 2 is 1.65 bits per heavy atom. The molecule has 0 spiro atoms. The summed E-state index contributed by atoms with van der Waals surface area (Å²) in [4.78, 5) is 11.8. The zero-order chi connectivity index (χ0) is 14.5. The summed E-state index contributed by atoms with van der Waals surface area (Å²) in [5.74, 6) is 0.439. The molecule has 0 aromatic heterocycles. The fraction of sp³-hybridized carbons (Fsp3) is 0.0714. The Labute approximate surface area is 142 Å². The summed E-state index contributed by atoms with van der Waals surface area (Å²) < 4.78 is 8.11. The van der Waals surface area contributed by atoms with E-state index >= 15 is 0 Å². The Morgan fingerprint density at radius 1 is 1.00 bits per heavy atom. The van der Waals surface area contributed by atoms with Gasteiger partial charge in [-0.1, -0.05) is 31.9 Å². The Morgan fingerprint density at radius 3 is 2.30 bits per heavy atom. The molecule has 0 saturated carbocycles. The summed E-state index contributed by atoms with van der Waals surface area (Å²) >= 11 is 10.1. The summed E-state index contributed by atoms with van der Waals surface area (Å²) in [5.41, 5.74) is 0.706. The van der Waals surface area contributed by atoms with Crippen LogP contribution in [-0.4, -0.2) is 12.5 Å². The van der Waals surface area contributed by atoms with Crippen LogP contribution in [-0.2, 0) is 4.79 Å². The van der Waals surface area contributed by atoms with Crippen LogP contribution >= 0.6 is 47.8 Å². The highest BCUT2D eigenvalue weighted by molar-refractivity contribution is 9.11. The Bertz CT molecular complexity index is 614. The van der Waals surface area contributed by atoms with Gasteiger partial charge in [0.05, 0.1) is 5.69 Å². The minimum atomic E-state index is -0.212. The predicted octanol–water partition coefficient (Wildman–Crippen LogP) is 4.99. The minimum absolute atomic E-state index is 0.0376. The third-order valence-corrected chi connectivity index (χ3v) is 4.07. The fourth-order valence-corrected chi connectivity index (χ4v) is 2.87. The van der Waals surface area contributed by atoms with E-state index in [9.17, 15) is 4.79 Å². The maximum atomic E-state index is 11.8. The molecule has 0 unspecified atom stereocenters. The fourth-order valence-electron chi connectivity index (χ4n) is 1.46. The van der Waals surface area contributed by atoms with Gasteiger partial charge in [0.1, 0.15) is 5.75 Å². The Kier molecular flexibility index (Phi) is 5.63. The quantitative estimate of drug-likeness (QED) is 0.693. The third-order valence-electron chi connectivity index (χ3n) is 2.39. The minimum Gasteiger partial charge on any atom is -0.484 e. The monoisotopic (exact) mass is 461 g/mol. The van der Waals surface area contributed by atoms with Crippen LogP contribution in [0.4, 0.5) is 5.69 Å². The summed E-state index contributed by atoms with van der Waals surface area (Å²) in [5, 5.41) is 2.78. The number of hydrogen-bond acceptors (Lipinski definition) is 2. The van der Waals surface area contributed by atoms with Crippen LogP contribution in [0.5, 0.6) is 5.75 Å². The second-order valence-corrected chi connectivity index (χ2v) is 6.60. The molecular formula is C14H10Br3NO2. The van der Waals surface area contributed by atoms with Crippen molar-refractivity contribution in [2.24, 2.45) is 0 Å². The summed E-state index contributed by atoms with van der Waals surface area (Å²) in [7, 11) is 0. The lowest BCUT2D eigenvalue weighted by Crippen LogP contribution is -2.20. The van der Waals surface area contributed by atoms with Crippen molar-refractivity contribution in [2.75, 3.05) is 11.9 Å². The number of halogens is 3. The summed E-state index contributed by atoms with van der Waals surface area (Å²) in [6, 6.07) is 12.9. The van der Waals surface area contributed by atoms with Crippen molar-refractivity contribution < 1.29 is 9.53 Å². The summed E-state index contributed by atoms with van der Waals surface area (Å²) in [6.07, 6.45) is 0. The molecule has 0 fully saturated rings. The molecule has 20 heavy (non-hydrogen) atoms. The van der Waals surface area contributed by atoms with Crippen molar-refractivity contribution in [3.8, 4) is 5.75 Å². The number of carbonyl (C=O) groups is 1. The van der Waals surface area contributed by atoms with Crippen LogP contribution in [0.2, 0.25) is 0 Å². The standard InChI is InChI=1S/C14H10Br3NO2/c15-9-1-4-11(5-2-9)20-8-14(19)18-13-6-3-10(16)7-12(13)17/h1-7H,8H2,(H,18,19). The van der Waals surface area contributed by atoms with Gasteiger partial charge in [0, 0.05) is 13.4 Å². The first-order valence-corrected chi connectivity index (χ1v) is 8.06. The number of amides is 1. The SMILES string of the molecule is O=C(COc1ccc(Br)cc1)Nc1ccc(Br)cc1Br. The lowest BCUT2D eigenvalue weighted by atomic mass is 10.3. The first-order valence-electron chi connectivity index (χ1n) is 5.68. The van der Waals surface area contributed by atoms with Gasteiger partial charge < -0.3 is 10.1 Å². The second-order valence-electron chi connectivity index (χ2n) is 3.91. The smallest absolute Gasteiger partial charge is 0.262 e. The van der Waals surface area contributed by atoms with E-state index in [1.165, 1.54) is 0 Å². The molecule has 0 atom stereocenters. The third kappa shape index (κ3) is 4.61. The molecule has 3 nitrogen and oxygen atoms in total. The maximum absolute atomic E-state index is 11.8. The van der Waals surface area contributed by atoms with Gasteiger partial charge in [-0.2, -0.15) is 0 Å². The molecule has 2 aromatic carbocycles. The van der Waals surface area contributed by atoms with Gasteiger partial charge in [-0.05, 0) is 58.4 Å². The maximum Gasteiger partial charge on any atom is 0.262 e. The van der Waals surface area contributed by atoms with E-state index < -0.39 is 0 Å². The topological polar surface area (TPSA) is 38.3 Å². The second kappa shape index (κ2) is 7.24. The lowest BCUT2D eigenvalue weighted by Gasteiger charge is -2.09. The number of rotatable bonds is 4. The average molecular weight is 464 g/mol. The van der Waals surface area contributed by atoms with E-state index in [1.807, 2.05) is 30.3 Å². The molecule has 6 heteroatoms. The van der Waals surface area contributed by atoms with E-state index in [0.717, 1.165) is 13.4 Å². The molecule has 2 aromatic rings. The normalized spacial score (nSPS) is 10.2. The van der Waals surface area contributed by atoms with E-state index in [1.54, 1.807) is 12.1 Å². The number of hydrogen-bond donors (Lipinski definition) is 1. The molecule has 104 valence electrons.